The van der Waals surface area contributed by atoms with Gasteiger partial charge in [-0.25, -0.2) is 9.69 Å². The van der Waals surface area contributed by atoms with Gasteiger partial charge in [-0.05, 0) is 73.5 Å². The van der Waals surface area contributed by atoms with Crippen molar-refractivity contribution < 1.29 is 18.8 Å². The van der Waals surface area contributed by atoms with Crippen LogP contribution in [0, 0.1) is 13.8 Å². The minimum absolute atomic E-state index is 0.220. The highest BCUT2D eigenvalue weighted by Crippen LogP contribution is 2.32. The molecule has 31 heavy (non-hydrogen) atoms. The van der Waals surface area contributed by atoms with Crippen LogP contribution in [0.2, 0.25) is 10.0 Å². The summed E-state index contributed by atoms with van der Waals surface area (Å²) in [6, 6.07) is 12.8. The highest BCUT2D eigenvalue weighted by molar-refractivity contribution is 6.39. The molecule has 0 saturated carbocycles. The van der Waals surface area contributed by atoms with Gasteiger partial charge in [-0.1, -0.05) is 29.3 Å². The number of amides is 4. The van der Waals surface area contributed by atoms with E-state index in [1.165, 1.54) is 6.08 Å². The molecule has 0 bridgehead atoms. The fourth-order valence-corrected chi connectivity index (χ4v) is 3.88. The maximum atomic E-state index is 13.0. The van der Waals surface area contributed by atoms with Crippen molar-refractivity contribution in [3.8, 4) is 11.3 Å². The SMILES string of the molecule is Cc1cc(C)cc(N2C(=O)NC(=O)/C(=C\c3ccc(-c4ccc(Cl)cc4Cl)o3)C2=O)c1. The van der Waals surface area contributed by atoms with Crippen LogP contribution in [0.1, 0.15) is 16.9 Å². The number of barbiturate groups is 1. The van der Waals surface area contributed by atoms with Crippen LogP contribution in [0.3, 0.4) is 0 Å². The van der Waals surface area contributed by atoms with E-state index in [-0.39, 0.29) is 11.3 Å². The molecule has 1 aliphatic rings. The summed E-state index contributed by atoms with van der Waals surface area (Å²) in [6.07, 6.45) is 1.30. The van der Waals surface area contributed by atoms with E-state index in [0.29, 0.717) is 27.1 Å². The molecule has 4 amide bonds. The van der Waals surface area contributed by atoms with Crippen molar-refractivity contribution in [2.24, 2.45) is 0 Å². The molecule has 0 spiro atoms. The second-order valence-corrected chi connectivity index (χ2v) is 7.97. The van der Waals surface area contributed by atoms with Gasteiger partial charge in [-0.15, -0.1) is 0 Å². The van der Waals surface area contributed by atoms with Crippen LogP contribution in [0.4, 0.5) is 10.5 Å². The summed E-state index contributed by atoms with van der Waals surface area (Å²) in [7, 11) is 0. The van der Waals surface area contributed by atoms with Crippen LogP contribution >= 0.6 is 23.2 Å². The summed E-state index contributed by atoms with van der Waals surface area (Å²) in [5.74, 6) is -0.826. The molecule has 0 unspecified atom stereocenters. The van der Waals surface area contributed by atoms with E-state index < -0.39 is 17.8 Å². The third kappa shape index (κ3) is 4.13. The number of rotatable bonds is 3. The largest absolute Gasteiger partial charge is 0.457 e. The van der Waals surface area contributed by atoms with Gasteiger partial charge in [0.15, 0.2) is 0 Å². The molecule has 8 heteroatoms. The molecule has 2 aromatic carbocycles. The van der Waals surface area contributed by atoms with Gasteiger partial charge in [0, 0.05) is 10.6 Å². The fourth-order valence-electron chi connectivity index (χ4n) is 3.38. The number of halogens is 2. The summed E-state index contributed by atoms with van der Waals surface area (Å²) >= 11 is 12.1. The second kappa shape index (κ2) is 8.06. The Hall–Kier alpha value is -3.35. The summed E-state index contributed by atoms with van der Waals surface area (Å²) in [5.41, 5.74) is 2.54. The number of nitrogens with one attached hydrogen (secondary N) is 1. The topological polar surface area (TPSA) is 79.6 Å². The highest BCUT2D eigenvalue weighted by Gasteiger charge is 2.37. The Bertz CT molecular complexity index is 1260. The summed E-state index contributed by atoms with van der Waals surface area (Å²) in [6.45, 7) is 3.72. The van der Waals surface area contributed by atoms with E-state index in [9.17, 15) is 14.4 Å². The number of aryl methyl sites for hydroxylation is 2. The van der Waals surface area contributed by atoms with Crippen LogP contribution < -0.4 is 10.2 Å². The number of nitrogens with zero attached hydrogens (tertiary/aromatic N) is 1. The first kappa shape index (κ1) is 20.9. The molecule has 1 aliphatic heterocycles. The van der Waals surface area contributed by atoms with E-state index in [4.69, 9.17) is 27.6 Å². The Morgan fingerprint density at radius 1 is 0.935 bits per heavy atom. The number of hydrogen-bond acceptors (Lipinski definition) is 4. The van der Waals surface area contributed by atoms with E-state index in [1.807, 2.05) is 19.9 Å². The predicted octanol–water partition coefficient (Wildman–Crippen LogP) is 5.54. The first-order chi connectivity index (χ1) is 14.7. The molecule has 2 heterocycles. The van der Waals surface area contributed by atoms with Crippen LogP contribution in [0.15, 0.2) is 58.5 Å². The average Bonchev–Trinajstić information content (AvgIpc) is 3.12. The van der Waals surface area contributed by atoms with Crippen LogP contribution in [-0.4, -0.2) is 17.8 Å². The summed E-state index contributed by atoms with van der Waals surface area (Å²) in [4.78, 5) is 38.7. The lowest BCUT2D eigenvalue weighted by Gasteiger charge is -2.26. The molecule has 6 nitrogen and oxygen atoms in total. The molecule has 0 radical (unpaired) electrons. The van der Waals surface area contributed by atoms with E-state index in [0.717, 1.165) is 16.0 Å². The van der Waals surface area contributed by atoms with E-state index in [2.05, 4.69) is 5.32 Å². The molecular weight excluding hydrogens is 439 g/mol. The smallest absolute Gasteiger partial charge is 0.335 e. The number of imide groups is 2. The number of carbonyl (C=O) groups is 3. The second-order valence-electron chi connectivity index (χ2n) is 7.13. The fraction of sp³-hybridized carbons (Fsp3) is 0.0870. The Morgan fingerprint density at radius 2 is 1.65 bits per heavy atom. The number of furan rings is 1. The molecule has 1 saturated heterocycles. The predicted molar refractivity (Wildman–Crippen MR) is 119 cm³/mol. The van der Waals surface area contributed by atoms with E-state index in [1.54, 1.807) is 42.5 Å². The van der Waals surface area contributed by atoms with Gasteiger partial charge in [0.05, 0.1) is 10.7 Å². The van der Waals surface area contributed by atoms with Gasteiger partial charge < -0.3 is 4.42 Å². The first-order valence-electron chi connectivity index (χ1n) is 9.28. The van der Waals surface area contributed by atoms with Crippen LogP contribution in [0.25, 0.3) is 17.4 Å². The molecule has 0 aliphatic carbocycles. The van der Waals surface area contributed by atoms with Gasteiger partial charge in [0.2, 0.25) is 0 Å². The van der Waals surface area contributed by atoms with Gasteiger partial charge >= 0.3 is 6.03 Å². The number of urea groups is 1. The van der Waals surface area contributed by atoms with Gasteiger partial charge in [-0.3, -0.25) is 14.9 Å². The molecule has 1 aromatic heterocycles. The molecule has 0 atom stereocenters. The normalized spacial score (nSPS) is 15.5. The number of benzene rings is 2. The Labute approximate surface area is 188 Å². The van der Waals surface area contributed by atoms with Crippen molar-refractivity contribution in [2.45, 2.75) is 13.8 Å². The van der Waals surface area contributed by atoms with Gasteiger partial charge in [0.1, 0.15) is 17.1 Å². The Balaban J connectivity index is 1.70. The van der Waals surface area contributed by atoms with Crippen LogP contribution in [-0.2, 0) is 9.59 Å². The van der Waals surface area contributed by atoms with Crippen molar-refractivity contribution in [1.29, 1.82) is 0 Å². The van der Waals surface area contributed by atoms with Crippen molar-refractivity contribution in [2.75, 3.05) is 4.90 Å². The zero-order valence-corrected chi connectivity index (χ0v) is 18.0. The standard InChI is InChI=1S/C23H16Cl2N2O4/c1-12-7-13(2)9-15(8-12)27-22(29)18(21(28)26-23(27)30)11-16-4-6-20(31-16)17-5-3-14(24)10-19(17)25/h3-11H,1-2H3,(H,26,28,30)/b18-11+. The monoisotopic (exact) mass is 454 g/mol. The number of hydrogen-bond donors (Lipinski definition) is 1. The maximum Gasteiger partial charge on any atom is 0.335 e. The highest BCUT2D eigenvalue weighted by atomic mass is 35.5. The minimum atomic E-state index is -0.801. The van der Waals surface area contributed by atoms with E-state index >= 15 is 0 Å². The summed E-state index contributed by atoms with van der Waals surface area (Å²) in [5, 5.41) is 3.09. The van der Waals surface area contributed by atoms with Gasteiger partial charge in [-0.2, -0.15) is 0 Å². The zero-order valence-electron chi connectivity index (χ0n) is 16.5. The Kier molecular flexibility index (Phi) is 5.43. The lowest BCUT2D eigenvalue weighted by atomic mass is 10.1. The number of carbonyl (C=O) groups excluding carboxylic acids is 3. The molecule has 1 N–H and O–H groups in total. The van der Waals surface area contributed by atoms with Crippen molar-refractivity contribution in [1.82, 2.24) is 5.32 Å². The third-order valence-corrected chi connectivity index (χ3v) is 5.22. The van der Waals surface area contributed by atoms with Crippen molar-refractivity contribution in [3.05, 3.63) is 81.0 Å². The lowest BCUT2D eigenvalue weighted by Crippen LogP contribution is -2.54. The molecule has 4 rings (SSSR count). The average molecular weight is 455 g/mol. The third-order valence-electron chi connectivity index (χ3n) is 4.68. The first-order valence-corrected chi connectivity index (χ1v) is 10.0. The number of anilines is 1. The molecule has 1 fully saturated rings. The minimum Gasteiger partial charge on any atom is -0.457 e. The van der Waals surface area contributed by atoms with Gasteiger partial charge in [0.25, 0.3) is 11.8 Å². The lowest BCUT2D eigenvalue weighted by molar-refractivity contribution is -0.122. The summed E-state index contributed by atoms with van der Waals surface area (Å²) < 4.78 is 5.76. The molecule has 156 valence electrons. The van der Waals surface area contributed by atoms with Crippen molar-refractivity contribution >= 4 is 52.8 Å². The molecule has 3 aromatic rings. The quantitative estimate of drug-likeness (QED) is 0.416. The van der Waals surface area contributed by atoms with Crippen molar-refractivity contribution in [3.63, 3.8) is 0 Å². The van der Waals surface area contributed by atoms with Crippen LogP contribution in [0.5, 0.6) is 0 Å². The zero-order chi connectivity index (χ0) is 22.3. The molecular formula is C23H16Cl2N2O4. The maximum absolute atomic E-state index is 13.0. The Morgan fingerprint density at radius 3 is 2.32 bits per heavy atom.